The van der Waals surface area contributed by atoms with E-state index in [1.54, 1.807) is 85.8 Å². The van der Waals surface area contributed by atoms with Crippen molar-refractivity contribution in [3.05, 3.63) is 158 Å². The quantitative estimate of drug-likeness (QED) is 0.108. The fraction of sp³-hybridized carbons (Fsp3) is 0.196. The molecule has 0 aliphatic carbocycles. The molecule has 4 atom stereocenters. The molecule has 0 saturated heterocycles. The van der Waals surface area contributed by atoms with Crippen LogP contribution in [0.3, 0.4) is 0 Å². The first-order valence-corrected chi connectivity index (χ1v) is 20.0. The third-order valence-corrected chi connectivity index (χ3v) is 11.4. The van der Waals surface area contributed by atoms with Gasteiger partial charge < -0.3 is 35.0 Å². The number of hydroxylamine groups is 1. The van der Waals surface area contributed by atoms with Gasteiger partial charge in [0.1, 0.15) is 42.0 Å². The Morgan fingerprint density at radius 1 is 0.934 bits per heavy atom. The normalized spacial score (nSPS) is 18.2. The van der Waals surface area contributed by atoms with E-state index in [9.17, 15) is 24.3 Å². The summed E-state index contributed by atoms with van der Waals surface area (Å²) in [5, 5.41) is 25.8. The summed E-state index contributed by atoms with van der Waals surface area (Å²) in [5.41, 5.74) is 8.87. The predicted molar refractivity (Wildman–Crippen MR) is 225 cm³/mol. The summed E-state index contributed by atoms with van der Waals surface area (Å²) in [6.45, 7) is 1.94. The number of carboxylic acids is 1. The van der Waals surface area contributed by atoms with E-state index in [1.165, 1.54) is 4.90 Å². The van der Waals surface area contributed by atoms with Crippen LogP contribution in [-0.2, 0) is 50.0 Å². The van der Waals surface area contributed by atoms with Crippen LogP contribution >= 0.6 is 23.2 Å². The molecule has 61 heavy (non-hydrogen) atoms. The number of aliphatic carboxylic acids is 1. The van der Waals surface area contributed by atoms with Crippen LogP contribution in [0.5, 0.6) is 11.5 Å². The number of anilines is 1. The number of benzene rings is 5. The Morgan fingerprint density at radius 3 is 2.30 bits per heavy atom. The number of halogens is 2. The molecule has 0 bridgehead atoms. The first-order valence-electron chi connectivity index (χ1n) is 19.3. The number of carboxylic acid groups (broad SMARTS) is 1. The van der Waals surface area contributed by atoms with Gasteiger partial charge in [-0.1, -0.05) is 77.8 Å². The molecule has 8 rings (SSSR count). The summed E-state index contributed by atoms with van der Waals surface area (Å²) in [7, 11) is 0. The second-order valence-corrected chi connectivity index (χ2v) is 15.7. The second-order valence-electron chi connectivity index (χ2n) is 14.9. The number of hydrogen-bond acceptors (Lipinski definition) is 9. The minimum Gasteiger partial charge on any atom is -0.489 e. The van der Waals surface area contributed by atoms with Crippen molar-refractivity contribution in [2.24, 2.45) is 0 Å². The highest BCUT2D eigenvalue weighted by molar-refractivity contribution is 6.42. The van der Waals surface area contributed by atoms with E-state index in [0.29, 0.717) is 60.8 Å². The Hall–Kier alpha value is -6.85. The van der Waals surface area contributed by atoms with Crippen molar-refractivity contribution < 1.29 is 38.6 Å². The van der Waals surface area contributed by atoms with Gasteiger partial charge in [-0.2, -0.15) is 5.26 Å². The van der Waals surface area contributed by atoms with Crippen molar-refractivity contribution >= 4 is 52.6 Å². The third-order valence-electron chi connectivity index (χ3n) is 10.7. The highest BCUT2D eigenvalue weighted by Gasteiger charge is 2.41. The van der Waals surface area contributed by atoms with Gasteiger partial charge in [0.25, 0.3) is 5.91 Å². The van der Waals surface area contributed by atoms with E-state index in [1.807, 2.05) is 30.3 Å². The molecule has 5 aromatic carbocycles. The number of hydrogen-bond donors (Lipinski definition) is 4. The molecule has 0 fully saturated rings. The number of nitrogens with zero attached hydrogens (tertiary/aromatic N) is 2. The van der Waals surface area contributed by atoms with Gasteiger partial charge in [-0.15, -0.1) is 5.48 Å². The fourth-order valence-corrected chi connectivity index (χ4v) is 7.76. The Morgan fingerprint density at radius 2 is 1.64 bits per heavy atom. The number of nitriles is 1. The lowest BCUT2D eigenvalue weighted by molar-refractivity contribution is -0.146. The van der Waals surface area contributed by atoms with Crippen molar-refractivity contribution in [3.8, 4) is 28.7 Å². The molecule has 3 amide bonds. The van der Waals surface area contributed by atoms with Crippen LogP contribution in [0.2, 0.25) is 10.0 Å². The van der Waals surface area contributed by atoms with E-state index in [2.05, 4.69) is 22.2 Å². The van der Waals surface area contributed by atoms with Crippen molar-refractivity contribution in [2.45, 2.75) is 57.1 Å². The standard InChI is InChI=1S/C46H37Cl2N5O8/c1-25-16-38(52-61-25)45(56)53-23-33-21-41-37(50-44(55)42(60-41)31-11-13-34(14-12-31)59-24-28-6-15-35(47)36(48)17-28)19-32(33)20-40(53)43(54)51-39(46(57)58)18-26-2-7-29(8-3-26)30-9-4-27(22-49)5-10-30/h2-17,19,21,38-40,42,52H,18,20,23-24H2,1H3,(H,50,55)(H,51,54)(H,57,58)/t38?,39-,40-,42?/m0/s1. The number of carbonyl (C=O) groups is 4. The molecule has 0 spiro atoms. The number of carbonyl (C=O) groups excluding carboxylic acids is 3. The van der Waals surface area contributed by atoms with Crippen LogP contribution in [0, 0.1) is 11.3 Å². The van der Waals surface area contributed by atoms with Crippen molar-refractivity contribution in [2.75, 3.05) is 5.32 Å². The van der Waals surface area contributed by atoms with Crippen LogP contribution < -0.4 is 25.6 Å². The van der Waals surface area contributed by atoms with Gasteiger partial charge in [0.2, 0.25) is 17.9 Å². The van der Waals surface area contributed by atoms with Crippen molar-refractivity contribution in [1.29, 1.82) is 5.26 Å². The highest BCUT2D eigenvalue weighted by atomic mass is 35.5. The molecule has 0 radical (unpaired) electrons. The van der Waals surface area contributed by atoms with Crippen molar-refractivity contribution in [1.82, 2.24) is 15.7 Å². The minimum atomic E-state index is -1.31. The van der Waals surface area contributed by atoms with E-state index in [-0.39, 0.29) is 26.0 Å². The van der Waals surface area contributed by atoms with Gasteiger partial charge in [-0.25, -0.2) is 4.79 Å². The van der Waals surface area contributed by atoms with Gasteiger partial charge in [0, 0.05) is 24.9 Å². The summed E-state index contributed by atoms with van der Waals surface area (Å²) < 4.78 is 12.2. The zero-order chi connectivity index (χ0) is 42.8. The molecule has 3 heterocycles. The zero-order valence-corrected chi connectivity index (χ0v) is 34.0. The summed E-state index contributed by atoms with van der Waals surface area (Å²) in [6, 6.07) is 28.9. The maximum Gasteiger partial charge on any atom is 0.326 e. The highest BCUT2D eigenvalue weighted by Crippen LogP contribution is 2.40. The Bertz CT molecular complexity index is 2610. The average molecular weight is 859 g/mol. The molecule has 2 unspecified atom stereocenters. The van der Waals surface area contributed by atoms with Crippen LogP contribution in [-0.4, -0.2) is 51.8 Å². The Labute approximate surface area is 360 Å². The van der Waals surface area contributed by atoms with Gasteiger partial charge in [0.15, 0.2) is 0 Å². The van der Waals surface area contributed by atoms with Gasteiger partial charge >= 0.3 is 5.97 Å². The van der Waals surface area contributed by atoms with E-state index in [0.717, 1.165) is 16.7 Å². The summed E-state index contributed by atoms with van der Waals surface area (Å²) in [6.07, 6.45) is 0.639. The molecule has 3 aliphatic rings. The molecule has 0 saturated carbocycles. The Balaban J connectivity index is 0.985. The van der Waals surface area contributed by atoms with Gasteiger partial charge in [-0.3, -0.25) is 14.4 Å². The van der Waals surface area contributed by atoms with Crippen LogP contribution in [0.15, 0.2) is 115 Å². The maximum absolute atomic E-state index is 14.1. The average Bonchev–Trinajstić information content (AvgIpc) is 3.71. The topological polar surface area (TPSA) is 179 Å². The van der Waals surface area contributed by atoms with Crippen LogP contribution in [0.4, 0.5) is 5.69 Å². The Kier molecular flexibility index (Phi) is 11.7. The lowest BCUT2D eigenvalue weighted by Gasteiger charge is -2.38. The van der Waals surface area contributed by atoms with Crippen molar-refractivity contribution in [3.63, 3.8) is 0 Å². The SMILES string of the molecule is CC1=CC(C(=O)N2Cc3cc4c(cc3C[C@H]2C(=O)N[C@@H](Cc2ccc(-c3ccc(C#N)cc3)cc2)C(=O)O)NC(=O)C(c2ccc(OCc3ccc(Cl)c(Cl)c3)cc2)O4)NO1. The largest absolute Gasteiger partial charge is 0.489 e. The predicted octanol–water partition coefficient (Wildman–Crippen LogP) is 7.06. The third kappa shape index (κ3) is 9.02. The molecule has 4 N–H and O–H groups in total. The van der Waals surface area contributed by atoms with Crippen LogP contribution in [0.1, 0.15) is 46.4 Å². The summed E-state index contributed by atoms with van der Waals surface area (Å²) in [5.74, 6) is -1.29. The van der Waals surface area contributed by atoms with Gasteiger partial charge in [0.05, 0.1) is 27.4 Å². The number of allylic oxidation sites excluding steroid dienone is 1. The van der Waals surface area contributed by atoms with E-state index >= 15 is 0 Å². The first-order chi connectivity index (χ1) is 29.4. The molecule has 0 aromatic heterocycles. The van der Waals surface area contributed by atoms with Gasteiger partial charge in [-0.05, 0) is 94.9 Å². The van der Waals surface area contributed by atoms with E-state index in [4.69, 9.17) is 42.8 Å². The molecule has 3 aliphatic heterocycles. The maximum atomic E-state index is 14.1. The molecular formula is C46H37Cl2N5O8. The summed E-state index contributed by atoms with van der Waals surface area (Å²) in [4.78, 5) is 60.9. The lowest BCUT2D eigenvalue weighted by atomic mass is 9.91. The molecule has 308 valence electrons. The number of fused-ring (bicyclic) bond motifs is 2. The molecular weight excluding hydrogens is 821 g/mol. The number of nitrogens with one attached hydrogen (secondary N) is 3. The number of rotatable bonds is 11. The molecule has 5 aromatic rings. The summed E-state index contributed by atoms with van der Waals surface area (Å²) >= 11 is 12.1. The van der Waals surface area contributed by atoms with E-state index < -0.39 is 47.9 Å². The smallest absolute Gasteiger partial charge is 0.326 e. The van der Waals surface area contributed by atoms with Crippen LogP contribution in [0.25, 0.3) is 11.1 Å². The number of ether oxygens (including phenoxy) is 2. The fourth-order valence-electron chi connectivity index (χ4n) is 7.44. The molecule has 15 heteroatoms. The zero-order valence-electron chi connectivity index (χ0n) is 32.5. The lowest BCUT2D eigenvalue weighted by Crippen LogP contribution is -2.58. The molecule has 13 nitrogen and oxygen atoms in total. The minimum absolute atomic E-state index is 0.00795. The monoisotopic (exact) mass is 857 g/mol. The number of amides is 3. The second kappa shape index (κ2) is 17.4. The first kappa shape index (κ1) is 40.9.